The molecule has 1 aromatic heterocycles. The third-order valence-electron chi connectivity index (χ3n) is 2.35. The summed E-state index contributed by atoms with van der Waals surface area (Å²) in [6.07, 6.45) is 5.72. The van der Waals surface area contributed by atoms with Gasteiger partial charge in [-0.3, -0.25) is 4.68 Å². The lowest BCUT2D eigenvalue weighted by atomic mass is 10.1. The molecule has 0 unspecified atom stereocenters. The molecule has 2 N–H and O–H groups in total. The van der Waals surface area contributed by atoms with Crippen molar-refractivity contribution in [2.45, 2.75) is 32.0 Å². The van der Waals surface area contributed by atoms with Crippen molar-refractivity contribution in [3.8, 4) is 0 Å². The Bertz CT molecular complexity index is 343. The van der Waals surface area contributed by atoms with Crippen molar-refractivity contribution in [3.05, 3.63) is 16.9 Å². The van der Waals surface area contributed by atoms with Crippen LogP contribution in [0.3, 0.4) is 0 Å². The Balaban J connectivity index is 2.32. The average molecular weight is 322 g/mol. The molecular weight excluding hydrogens is 302 g/mol. The number of rotatable bonds is 7. The van der Waals surface area contributed by atoms with E-state index in [1.54, 1.807) is 18.0 Å². The zero-order valence-electron chi connectivity index (χ0n) is 10.5. The largest absolute Gasteiger partial charge is 0.388 e. The molecule has 0 aliphatic heterocycles. The second-order valence-corrected chi connectivity index (χ2v) is 6.37. The van der Waals surface area contributed by atoms with Gasteiger partial charge in [0.1, 0.15) is 0 Å². The van der Waals surface area contributed by atoms with Gasteiger partial charge in [0.2, 0.25) is 0 Å². The highest BCUT2D eigenvalue weighted by molar-refractivity contribution is 9.10. The van der Waals surface area contributed by atoms with Crippen molar-refractivity contribution >= 4 is 27.7 Å². The Labute approximate surface area is 115 Å². The third kappa shape index (κ3) is 5.90. The zero-order chi connectivity index (χ0) is 12.9. The second kappa shape index (κ2) is 6.78. The van der Waals surface area contributed by atoms with Crippen LogP contribution in [0.2, 0.25) is 0 Å². The van der Waals surface area contributed by atoms with Crippen LogP contribution in [0, 0.1) is 0 Å². The van der Waals surface area contributed by atoms with Gasteiger partial charge in [0.05, 0.1) is 22.8 Å². The monoisotopic (exact) mass is 321 g/mol. The number of aromatic nitrogens is 2. The van der Waals surface area contributed by atoms with E-state index in [9.17, 15) is 5.11 Å². The highest BCUT2D eigenvalue weighted by atomic mass is 79.9. The number of aliphatic hydroxyl groups is 1. The summed E-state index contributed by atoms with van der Waals surface area (Å²) in [4.78, 5) is 0. The van der Waals surface area contributed by atoms with E-state index < -0.39 is 5.60 Å². The Morgan fingerprint density at radius 1 is 1.71 bits per heavy atom. The van der Waals surface area contributed by atoms with E-state index >= 15 is 0 Å². The molecule has 1 aromatic rings. The first-order valence-corrected chi connectivity index (χ1v) is 7.74. The molecule has 17 heavy (non-hydrogen) atoms. The molecule has 0 saturated heterocycles. The van der Waals surface area contributed by atoms with Gasteiger partial charge >= 0.3 is 0 Å². The van der Waals surface area contributed by atoms with E-state index in [-0.39, 0.29) is 6.04 Å². The molecule has 0 aliphatic rings. The maximum Gasteiger partial charge on any atom is 0.0833 e. The van der Waals surface area contributed by atoms with Gasteiger partial charge in [0.15, 0.2) is 0 Å². The van der Waals surface area contributed by atoms with Gasteiger partial charge in [-0.25, -0.2) is 0 Å². The van der Waals surface area contributed by atoms with Crippen LogP contribution < -0.4 is 5.32 Å². The Morgan fingerprint density at radius 2 is 2.41 bits per heavy atom. The first kappa shape index (κ1) is 15.0. The summed E-state index contributed by atoms with van der Waals surface area (Å²) < 4.78 is 2.87. The molecule has 4 nitrogen and oxygen atoms in total. The lowest BCUT2D eigenvalue weighted by molar-refractivity contribution is 0.0812. The molecule has 98 valence electrons. The van der Waals surface area contributed by atoms with E-state index in [2.05, 4.69) is 33.3 Å². The molecule has 0 amide bonds. The van der Waals surface area contributed by atoms with E-state index in [1.165, 1.54) is 0 Å². The van der Waals surface area contributed by atoms with Crippen LogP contribution in [0.4, 0.5) is 0 Å². The van der Waals surface area contributed by atoms with Crippen molar-refractivity contribution in [2.24, 2.45) is 0 Å². The summed E-state index contributed by atoms with van der Waals surface area (Å²) >= 11 is 5.02. The lowest BCUT2D eigenvalue weighted by Crippen LogP contribution is -2.44. The number of nitrogens with zero attached hydrogens (tertiary/aromatic N) is 2. The van der Waals surface area contributed by atoms with Crippen LogP contribution in [0.1, 0.15) is 13.8 Å². The fraction of sp³-hybridized carbons (Fsp3) is 0.727. The van der Waals surface area contributed by atoms with E-state index in [0.717, 1.165) is 16.8 Å². The molecular formula is C11H20BrN3OS. The quantitative estimate of drug-likeness (QED) is 0.803. The number of halogens is 1. The fourth-order valence-electron chi connectivity index (χ4n) is 1.54. The van der Waals surface area contributed by atoms with Gasteiger partial charge in [-0.15, -0.1) is 0 Å². The first-order chi connectivity index (χ1) is 7.93. The number of nitrogens with one attached hydrogen (secondary N) is 1. The van der Waals surface area contributed by atoms with Crippen molar-refractivity contribution in [1.82, 2.24) is 15.1 Å². The van der Waals surface area contributed by atoms with E-state index in [4.69, 9.17) is 0 Å². The van der Waals surface area contributed by atoms with Crippen LogP contribution in [-0.2, 0) is 6.54 Å². The van der Waals surface area contributed by atoms with Crippen LogP contribution in [0.25, 0.3) is 0 Å². The number of hydrogen-bond donors (Lipinski definition) is 2. The highest BCUT2D eigenvalue weighted by Crippen LogP contribution is 2.10. The minimum absolute atomic E-state index is 0.273. The van der Waals surface area contributed by atoms with Crippen molar-refractivity contribution < 1.29 is 5.11 Å². The van der Waals surface area contributed by atoms with Gasteiger partial charge in [0, 0.05) is 24.5 Å². The molecule has 1 heterocycles. The highest BCUT2D eigenvalue weighted by Gasteiger charge is 2.20. The van der Waals surface area contributed by atoms with Gasteiger partial charge in [-0.1, -0.05) is 0 Å². The topological polar surface area (TPSA) is 50.1 Å². The molecule has 0 aromatic carbocycles. The average Bonchev–Trinajstić information content (AvgIpc) is 2.61. The minimum atomic E-state index is -0.654. The van der Waals surface area contributed by atoms with Crippen molar-refractivity contribution in [3.63, 3.8) is 0 Å². The van der Waals surface area contributed by atoms with Crippen molar-refractivity contribution in [1.29, 1.82) is 0 Å². The Morgan fingerprint density at radius 3 is 2.94 bits per heavy atom. The van der Waals surface area contributed by atoms with Gasteiger partial charge in [-0.05, 0) is 36.0 Å². The van der Waals surface area contributed by atoms with Crippen LogP contribution in [0.5, 0.6) is 0 Å². The third-order valence-corrected chi connectivity index (χ3v) is 3.67. The summed E-state index contributed by atoms with van der Waals surface area (Å²) in [5, 5.41) is 17.5. The molecule has 2 atom stereocenters. The molecule has 0 fully saturated rings. The van der Waals surface area contributed by atoms with Crippen LogP contribution >= 0.6 is 27.7 Å². The Kier molecular flexibility index (Phi) is 5.99. The van der Waals surface area contributed by atoms with Gasteiger partial charge < -0.3 is 10.4 Å². The molecule has 0 radical (unpaired) electrons. The van der Waals surface area contributed by atoms with Gasteiger partial charge in [-0.2, -0.15) is 16.9 Å². The molecule has 0 aliphatic carbocycles. The van der Waals surface area contributed by atoms with Crippen LogP contribution in [0.15, 0.2) is 16.9 Å². The van der Waals surface area contributed by atoms with E-state index in [0.29, 0.717) is 6.54 Å². The minimum Gasteiger partial charge on any atom is -0.388 e. The van der Waals surface area contributed by atoms with E-state index in [1.807, 2.05) is 24.1 Å². The zero-order valence-corrected chi connectivity index (χ0v) is 12.9. The first-order valence-electron chi connectivity index (χ1n) is 5.55. The normalized spacial score (nSPS) is 16.8. The summed E-state index contributed by atoms with van der Waals surface area (Å²) in [7, 11) is 0. The molecule has 6 heteroatoms. The fourth-order valence-corrected chi connectivity index (χ4v) is 2.59. The maximum atomic E-state index is 10.0. The predicted molar refractivity (Wildman–Crippen MR) is 76.4 cm³/mol. The SMILES string of the molecule is CSC[C@](C)(O)CN[C@@H](C)Cn1cc(Br)cn1. The maximum absolute atomic E-state index is 10.0. The number of thioether (sulfide) groups is 1. The summed E-state index contributed by atoms with van der Waals surface area (Å²) in [6, 6.07) is 0.273. The lowest BCUT2D eigenvalue weighted by Gasteiger charge is -2.25. The predicted octanol–water partition coefficient (Wildman–Crippen LogP) is 1.74. The summed E-state index contributed by atoms with van der Waals surface area (Å²) in [5.74, 6) is 0.736. The molecule has 0 spiro atoms. The van der Waals surface area contributed by atoms with Crippen LogP contribution in [-0.4, -0.2) is 45.1 Å². The number of hydrogen-bond acceptors (Lipinski definition) is 4. The molecule has 1 rings (SSSR count). The standard InChI is InChI=1S/C11H20BrN3OS/c1-9(5-15-6-10(12)4-14-15)13-7-11(2,16)8-17-3/h4,6,9,13,16H,5,7-8H2,1-3H3/t9-,11+/m0/s1. The molecule has 0 saturated carbocycles. The molecule has 0 bridgehead atoms. The summed E-state index contributed by atoms with van der Waals surface area (Å²) in [6.45, 7) is 5.33. The summed E-state index contributed by atoms with van der Waals surface area (Å²) in [5.41, 5.74) is -0.654. The smallest absolute Gasteiger partial charge is 0.0833 e. The van der Waals surface area contributed by atoms with Gasteiger partial charge in [0.25, 0.3) is 0 Å². The van der Waals surface area contributed by atoms with Crippen molar-refractivity contribution in [2.75, 3.05) is 18.6 Å². The second-order valence-electron chi connectivity index (χ2n) is 4.59. The Hall–Kier alpha value is -0.0400.